The molecule has 2 nitrogen and oxygen atoms in total. The average Bonchev–Trinajstić information content (AvgIpc) is 2.01. The first-order chi connectivity index (χ1) is 6.33. The van der Waals surface area contributed by atoms with Crippen LogP contribution in [0.2, 0.25) is 0 Å². The second-order valence-corrected chi connectivity index (χ2v) is 5.45. The Kier molecular flexibility index (Phi) is 3.59. The second kappa shape index (κ2) is 4.19. The van der Waals surface area contributed by atoms with Gasteiger partial charge in [0, 0.05) is 5.92 Å². The fourth-order valence-corrected chi connectivity index (χ4v) is 2.04. The number of rotatable bonds is 2. The maximum atomic E-state index is 5.99. The van der Waals surface area contributed by atoms with Crippen LogP contribution in [0.1, 0.15) is 41.5 Å². The molecule has 0 aromatic heterocycles. The predicted octanol–water partition coefficient (Wildman–Crippen LogP) is 3.07. The van der Waals surface area contributed by atoms with Crippen LogP contribution in [0.15, 0.2) is 0 Å². The summed E-state index contributed by atoms with van der Waals surface area (Å²) in [5.74, 6) is 1.31. The van der Waals surface area contributed by atoms with Gasteiger partial charge in [0.05, 0.1) is 12.7 Å². The normalized spacial score (nSPS) is 32.6. The molecule has 2 atom stereocenters. The highest BCUT2D eigenvalue weighted by Crippen LogP contribution is 2.33. The Labute approximate surface area is 88.0 Å². The summed E-state index contributed by atoms with van der Waals surface area (Å²) in [7, 11) is 0. The van der Waals surface area contributed by atoms with Crippen molar-refractivity contribution >= 4 is 0 Å². The SMILES string of the molecule is CC(C)[C@H]1OC(C)(C)OC[C@H]1C(C)C. The molecule has 0 N–H and O–H groups in total. The molecule has 0 amide bonds. The maximum absolute atomic E-state index is 5.99. The topological polar surface area (TPSA) is 18.5 Å². The van der Waals surface area contributed by atoms with E-state index in [1.54, 1.807) is 0 Å². The Hall–Kier alpha value is -0.0800. The van der Waals surface area contributed by atoms with Crippen molar-refractivity contribution in [2.45, 2.75) is 53.4 Å². The molecule has 0 aliphatic carbocycles. The van der Waals surface area contributed by atoms with Gasteiger partial charge in [0.25, 0.3) is 0 Å². The molecule has 84 valence electrons. The molecule has 0 saturated carbocycles. The first kappa shape index (κ1) is 12.0. The minimum Gasteiger partial charge on any atom is -0.350 e. The van der Waals surface area contributed by atoms with Gasteiger partial charge in [0.2, 0.25) is 0 Å². The van der Waals surface area contributed by atoms with Crippen molar-refractivity contribution in [1.82, 2.24) is 0 Å². The summed E-state index contributed by atoms with van der Waals surface area (Å²) in [6.45, 7) is 13.8. The third-order valence-corrected chi connectivity index (χ3v) is 2.98. The Morgan fingerprint density at radius 2 is 1.64 bits per heavy atom. The Balaban J connectivity index is 2.71. The predicted molar refractivity (Wildman–Crippen MR) is 58.1 cm³/mol. The van der Waals surface area contributed by atoms with Gasteiger partial charge in [-0.2, -0.15) is 0 Å². The van der Waals surface area contributed by atoms with Crippen molar-refractivity contribution < 1.29 is 9.47 Å². The quantitative estimate of drug-likeness (QED) is 0.682. The van der Waals surface area contributed by atoms with Crippen LogP contribution in [0.3, 0.4) is 0 Å². The lowest BCUT2D eigenvalue weighted by atomic mass is 9.84. The van der Waals surface area contributed by atoms with E-state index in [1.165, 1.54) is 0 Å². The third-order valence-electron chi connectivity index (χ3n) is 2.98. The van der Waals surface area contributed by atoms with Crippen LogP contribution in [0.4, 0.5) is 0 Å². The fourth-order valence-electron chi connectivity index (χ4n) is 2.04. The molecular weight excluding hydrogens is 176 g/mol. The third kappa shape index (κ3) is 2.71. The van der Waals surface area contributed by atoms with Crippen LogP contribution in [-0.2, 0) is 9.47 Å². The van der Waals surface area contributed by atoms with Gasteiger partial charge in [-0.05, 0) is 25.7 Å². The van der Waals surface area contributed by atoms with E-state index in [9.17, 15) is 0 Å². The van der Waals surface area contributed by atoms with Crippen LogP contribution < -0.4 is 0 Å². The molecule has 1 aliphatic heterocycles. The van der Waals surface area contributed by atoms with E-state index >= 15 is 0 Å². The Morgan fingerprint density at radius 1 is 1.07 bits per heavy atom. The molecule has 1 heterocycles. The minimum atomic E-state index is -0.402. The molecule has 0 bridgehead atoms. The lowest BCUT2D eigenvalue weighted by Gasteiger charge is -2.44. The first-order valence-electron chi connectivity index (χ1n) is 5.65. The number of hydrogen-bond donors (Lipinski definition) is 0. The maximum Gasteiger partial charge on any atom is 0.163 e. The van der Waals surface area contributed by atoms with Crippen LogP contribution in [0, 0.1) is 17.8 Å². The monoisotopic (exact) mass is 200 g/mol. The molecular formula is C12H24O2. The molecule has 1 rings (SSSR count). The molecule has 0 spiro atoms. The van der Waals surface area contributed by atoms with E-state index in [-0.39, 0.29) is 0 Å². The molecule has 2 heteroatoms. The highest BCUT2D eigenvalue weighted by molar-refractivity contribution is 4.81. The summed E-state index contributed by atoms with van der Waals surface area (Å²) in [5.41, 5.74) is 0. The zero-order valence-electron chi connectivity index (χ0n) is 10.3. The van der Waals surface area contributed by atoms with Crippen molar-refractivity contribution in [2.75, 3.05) is 6.61 Å². The average molecular weight is 200 g/mol. The second-order valence-electron chi connectivity index (χ2n) is 5.45. The summed E-state index contributed by atoms with van der Waals surface area (Å²) in [6.07, 6.45) is 0.332. The van der Waals surface area contributed by atoms with Gasteiger partial charge in [-0.3, -0.25) is 0 Å². The van der Waals surface area contributed by atoms with Crippen molar-refractivity contribution in [2.24, 2.45) is 17.8 Å². The minimum absolute atomic E-state index is 0.332. The van der Waals surface area contributed by atoms with Gasteiger partial charge in [0.15, 0.2) is 5.79 Å². The van der Waals surface area contributed by atoms with Gasteiger partial charge in [-0.15, -0.1) is 0 Å². The van der Waals surface area contributed by atoms with Crippen molar-refractivity contribution in [1.29, 1.82) is 0 Å². The van der Waals surface area contributed by atoms with Crippen molar-refractivity contribution in [3.05, 3.63) is 0 Å². The summed E-state index contributed by atoms with van der Waals surface area (Å²) in [4.78, 5) is 0. The lowest BCUT2D eigenvalue weighted by Crippen LogP contribution is -2.49. The highest BCUT2D eigenvalue weighted by Gasteiger charge is 2.39. The molecule has 1 saturated heterocycles. The zero-order valence-corrected chi connectivity index (χ0v) is 10.3. The standard InChI is InChI=1S/C12H24O2/c1-8(2)10-7-13-12(5,6)14-11(10)9(3)4/h8-11H,7H2,1-6H3/t10-,11+/m0/s1. The Bertz CT molecular complexity index is 185. The van der Waals surface area contributed by atoms with E-state index in [1.807, 2.05) is 13.8 Å². The molecule has 1 fully saturated rings. The summed E-state index contributed by atoms with van der Waals surface area (Å²) in [5, 5.41) is 0. The van der Waals surface area contributed by atoms with E-state index in [0.717, 1.165) is 6.61 Å². The van der Waals surface area contributed by atoms with Gasteiger partial charge in [-0.25, -0.2) is 0 Å². The zero-order chi connectivity index (χ0) is 10.9. The largest absolute Gasteiger partial charge is 0.350 e. The number of hydrogen-bond acceptors (Lipinski definition) is 2. The number of ether oxygens (including phenoxy) is 2. The van der Waals surface area contributed by atoms with E-state index in [2.05, 4.69) is 27.7 Å². The van der Waals surface area contributed by atoms with Gasteiger partial charge in [-0.1, -0.05) is 27.7 Å². The molecule has 0 unspecified atom stereocenters. The van der Waals surface area contributed by atoms with E-state index < -0.39 is 5.79 Å². The molecule has 0 radical (unpaired) electrons. The van der Waals surface area contributed by atoms with E-state index in [0.29, 0.717) is 23.9 Å². The fraction of sp³-hybridized carbons (Fsp3) is 1.00. The smallest absolute Gasteiger partial charge is 0.163 e. The molecule has 14 heavy (non-hydrogen) atoms. The highest BCUT2D eigenvalue weighted by atomic mass is 16.7. The molecule has 1 aliphatic rings. The van der Waals surface area contributed by atoms with Gasteiger partial charge >= 0.3 is 0 Å². The van der Waals surface area contributed by atoms with Crippen LogP contribution in [-0.4, -0.2) is 18.5 Å². The Morgan fingerprint density at radius 3 is 2.07 bits per heavy atom. The summed E-state index contributed by atoms with van der Waals surface area (Å²) < 4.78 is 11.7. The lowest BCUT2D eigenvalue weighted by molar-refractivity contribution is -0.305. The molecule has 0 aromatic rings. The molecule has 0 aromatic carbocycles. The van der Waals surface area contributed by atoms with Crippen LogP contribution >= 0.6 is 0 Å². The summed E-state index contributed by atoms with van der Waals surface area (Å²) in [6, 6.07) is 0. The van der Waals surface area contributed by atoms with Crippen LogP contribution in [0.25, 0.3) is 0 Å². The van der Waals surface area contributed by atoms with E-state index in [4.69, 9.17) is 9.47 Å². The summed E-state index contributed by atoms with van der Waals surface area (Å²) >= 11 is 0. The van der Waals surface area contributed by atoms with Gasteiger partial charge < -0.3 is 9.47 Å². The van der Waals surface area contributed by atoms with Crippen LogP contribution in [0.5, 0.6) is 0 Å². The van der Waals surface area contributed by atoms with Gasteiger partial charge in [0.1, 0.15) is 0 Å². The van der Waals surface area contributed by atoms with Crippen molar-refractivity contribution in [3.63, 3.8) is 0 Å². The first-order valence-corrected chi connectivity index (χ1v) is 5.65. The van der Waals surface area contributed by atoms with Crippen molar-refractivity contribution in [3.8, 4) is 0 Å².